The molecule has 24 heavy (non-hydrogen) atoms. The van der Waals surface area contributed by atoms with Gasteiger partial charge in [-0.2, -0.15) is 5.26 Å². The van der Waals surface area contributed by atoms with Crippen molar-refractivity contribution in [3.63, 3.8) is 0 Å². The van der Waals surface area contributed by atoms with Gasteiger partial charge in [-0.25, -0.2) is 4.79 Å². The summed E-state index contributed by atoms with van der Waals surface area (Å²) in [4.78, 5) is 35.7. The Morgan fingerprint density at radius 1 is 1.42 bits per heavy atom. The number of hydrogen-bond donors (Lipinski definition) is 3. The third kappa shape index (κ3) is 2.79. The zero-order valence-electron chi connectivity index (χ0n) is 13.0. The van der Waals surface area contributed by atoms with E-state index in [-0.39, 0.29) is 17.4 Å². The van der Waals surface area contributed by atoms with E-state index in [2.05, 4.69) is 5.32 Å². The van der Waals surface area contributed by atoms with Crippen LogP contribution in [0.15, 0.2) is 23.0 Å². The minimum absolute atomic E-state index is 0.119. The molecule has 0 saturated heterocycles. The van der Waals surface area contributed by atoms with Crippen molar-refractivity contribution >= 4 is 22.8 Å². The van der Waals surface area contributed by atoms with Crippen LogP contribution in [-0.4, -0.2) is 32.7 Å². The highest BCUT2D eigenvalue weighted by molar-refractivity contribution is 6.03. The molecule has 1 atom stereocenters. The Morgan fingerprint density at radius 2 is 2.08 bits per heavy atom. The Bertz CT molecular complexity index is 939. The standard InChI is InChI=1S/C16H15N3O5/c1-3-10(16(23)24)18-14(21)12-13(20)9-6-8(7-17)4-5-11(9)19(2)15(12)22/h4-6,10,20H,3H2,1-2H3,(H,18,21)(H,23,24). The Hall–Kier alpha value is -3.34. The molecule has 1 aromatic carbocycles. The van der Waals surface area contributed by atoms with E-state index in [9.17, 15) is 19.5 Å². The van der Waals surface area contributed by atoms with Gasteiger partial charge in [0.2, 0.25) is 0 Å². The van der Waals surface area contributed by atoms with Crippen molar-refractivity contribution in [3.05, 3.63) is 39.7 Å². The van der Waals surface area contributed by atoms with Crippen LogP contribution in [0.2, 0.25) is 0 Å². The highest BCUT2D eigenvalue weighted by Crippen LogP contribution is 2.27. The third-order valence-electron chi connectivity index (χ3n) is 3.74. The van der Waals surface area contributed by atoms with Gasteiger partial charge in [-0.15, -0.1) is 0 Å². The van der Waals surface area contributed by atoms with E-state index >= 15 is 0 Å². The molecule has 0 bridgehead atoms. The molecule has 2 aromatic rings. The molecule has 0 aliphatic carbocycles. The molecule has 2 rings (SSSR count). The first-order valence-corrected chi connectivity index (χ1v) is 7.11. The summed E-state index contributed by atoms with van der Waals surface area (Å²) in [6, 6.07) is 5.06. The number of nitrogens with one attached hydrogen (secondary N) is 1. The first-order chi connectivity index (χ1) is 11.3. The number of pyridine rings is 1. The lowest BCUT2D eigenvalue weighted by Crippen LogP contribution is -2.42. The molecule has 0 spiro atoms. The number of aryl methyl sites for hydroxylation is 1. The molecule has 1 unspecified atom stereocenters. The number of benzene rings is 1. The van der Waals surface area contributed by atoms with Gasteiger partial charge in [-0.1, -0.05) is 6.92 Å². The van der Waals surface area contributed by atoms with Gasteiger partial charge < -0.3 is 20.1 Å². The number of carbonyl (C=O) groups excluding carboxylic acids is 1. The second-order valence-electron chi connectivity index (χ2n) is 5.20. The fourth-order valence-electron chi connectivity index (χ4n) is 2.37. The van der Waals surface area contributed by atoms with E-state index < -0.39 is 34.8 Å². The maximum Gasteiger partial charge on any atom is 0.326 e. The summed E-state index contributed by atoms with van der Waals surface area (Å²) >= 11 is 0. The summed E-state index contributed by atoms with van der Waals surface area (Å²) in [5.74, 6) is -2.80. The molecule has 8 heteroatoms. The van der Waals surface area contributed by atoms with Crippen molar-refractivity contribution in [2.45, 2.75) is 19.4 Å². The predicted octanol–water partition coefficient (Wildman–Crippen LogP) is 0.709. The fraction of sp³-hybridized carbons (Fsp3) is 0.250. The van der Waals surface area contributed by atoms with Crippen molar-refractivity contribution in [2.24, 2.45) is 7.05 Å². The average molecular weight is 329 g/mol. The van der Waals surface area contributed by atoms with Gasteiger partial charge in [0.1, 0.15) is 17.4 Å². The summed E-state index contributed by atoms with van der Waals surface area (Å²) in [5, 5.41) is 30.7. The smallest absolute Gasteiger partial charge is 0.326 e. The lowest BCUT2D eigenvalue weighted by Gasteiger charge is -2.15. The SMILES string of the molecule is CCC(NC(=O)c1c(O)c2cc(C#N)ccc2n(C)c1=O)C(=O)O. The quantitative estimate of drug-likeness (QED) is 0.756. The fourth-order valence-corrected chi connectivity index (χ4v) is 2.37. The molecule has 3 N–H and O–H groups in total. The second kappa shape index (κ2) is 6.42. The number of rotatable bonds is 4. The van der Waals surface area contributed by atoms with Gasteiger partial charge in [0.25, 0.3) is 11.5 Å². The number of aliphatic carboxylic acids is 1. The highest BCUT2D eigenvalue weighted by atomic mass is 16.4. The summed E-state index contributed by atoms with van der Waals surface area (Å²) in [7, 11) is 1.42. The van der Waals surface area contributed by atoms with Gasteiger partial charge in [0, 0.05) is 12.4 Å². The molecule has 0 aliphatic rings. The third-order valence-corrected chi connectivity index (χ3v) is 3.74. The van der Waals surface area contributed by atoms with E-state index in [1.165, 1.54) is 25.2 Å². The van der Waals surface area contributed by atoms with Crippen molar-refractivity contribution in [1.82, 2.24) is 9.88 Å². The molecule has 8 nitrogen and oxygen atoms in total. The van der Waals surface area contributed by atoms with Crippen molar-refractivity contribution in [2.75, 3.05) is 0 Å². The zero-order valence-corrected chi connectivity index (χ0v) is 13.0. The van der Waals surface area contributed by atoms with Crippen LogP contribution in [0.25, 0.3) is 10.9 Å². The number of nitrogens with zero attached hydrogens (tertiary/aromatic N) is 2. The molecule has 124 valence electrons. The molecule has 0 aliphatic heterocycles. The van der Waals surface area contributed by atoms with Crippen LogP contribution in [0.1, 0.15) is 29.3 Å². The molecule has 1 aromatic heterocycles. The number of carbonyl (C=O) groups is 2. The first-order valence-electron chi connectivity index (χ1n) is 7.11. The largest absolute Gasteiger partial charge is 0.506 e. The van der Waals surface area contributed by atoms with Gasteiger partial charge in [-0.05, 0) is 24.6 Å². The monoisotopic (exact) mass is 329 g/mol. The molecule has 0 saturated carbocycles. The minimum atomic E-state index is -1.24. The summed E-state index contributed by atoms with van der Waals surface area (Å²) in [5.41, 5.74) is -0.722. The van der Waals surface area contributed by atoms with Crippen LogP contribution >= 0.6 is 0 Å². The number of carboxylic acid groups (broad SMARTS) is 1. The van der Waals surface area contributed by atoms with Gasteiger partial charge in [0.15, 0.2) is 0 Å². The van der Waals surface area contributed by atoms with Crippen LogP contribution in [0.3, 0.4) is 0 Å². The van der Waals surface area contributed by atoms with Gasteiger partial charge in [-0.3, -0.25) is 9.59 Å². The number of hydrogen-bond acceptors (Lipinski definition) is 5. The normalized spacial score (nSPS) is 11.7. The first kappa shape index (κ1) is 17.0. The molecular weight excluding hydrogens is 314 g/mol. The molecule has 0 radical (unpaired) electrons. The lowest BCUT2D eigenvalue weighted by molar-refractivity contribution is -0.139. The van der Waals surface area contributed by atoms with Crippen molar-refractivity contribution in [3.8, 4) is 11.8 Å². The summed E-state index contributed by atoms with van der Waals surface area (Å²) in [6.07, 6.45) is 0.119. The number of aromatic hydroxyl groups is 1. The van der Waals surface area contributed by atoms with E-state index in [0.29, 0.717) is 5.52 Å². The Morgan fingerprint density at radius 3 is 2.62 bits per heavy atom. The van der Waals surface area contributed by atoms with E-state index in [1.807, 2.05) is 6.07 Å². The number of nitriles is 1. The number of carboxylic acids is 1. The Labute approximate surface area is 136 Å². The summed E-state index contributed by atoms with van der Waals surface area (Å²) in [6.45, 7) is 1.57. The Kier molecular flexibility index (Phi) is 4.55. The molecule has 1 heterocycles. The topological polar surface area (TPSA) is 132 Å². The lowest BCUT2D eigenvalue weighted by atomic mass is 10.1. The summed E-state index contributed by atoms with van der Waals surface area (Å²) < 4.78 is 1.16. The second-order valence-corrected chi connectivity index (χ2v) is 5.20. The zero-order chi connectivity index (χ0) is 18.0. The van der Waals surface area contributed by atoms with E-state index in [1.54, 1.807) is 6.92 Å². The maximum atomic E-state index is 12.4. The minimum Gasteiger partial charge on any atom is -0.506 e. The van der Waals surface area contributed by atoms with Crippen LogP contribution < -0.4 is 10.9 Å². The van der Waals surface area contributed by atoms with Crippen LogP contribution in [0.4, 0.5) is 0 Å². The average Bonchev–Trinajstić information content (AvgIpc) is 2.57. The number of fused-ring (bicyclic) bond motifs is 1. The van der Waals surface area contributed by atoms with Crippen LogP contribution in [0, 0.1) is 11.3 Å². The van der Waals surface area contributed by atoms with Crippen molar-refractivity contribution in [1.29, 1.82) is 5.26 Å². The van der Waals surface area contributed by atoms with Crippen LogP contribution in [0.5, 0.6) is 5.75 Å². The van der Waals surface area contributed by atoms with Crippen molar-refractivity contribution < 1.29 is 19.8 Å². The van der Waals surface area contributed by atoms with E-state index in [0.717, 1.165) is 4.57 Å². The maximum absolute atomic E-state index is 12.4. The highest BCUT2D eigenvalue weighted by Gasteiger charge is 2.25. The van der Waals surface area contributed by atoms with Crippen LogP contribution in [-0.2, 0) is 11.8 Å². The van der Waals surface area contributed by atoms with Gasteiger partial charge in [0.05, 0.1) is 17.1 Å². The van der Waals surface area contributed by atoms with Gasteiger partial charge >= 0.3 is 5.97 Å². The molecule has 1 amide bonds. The Balaban J connectivity index is 2.66. The predicted molar refractivity (Wildman–Crippen MR) is 84.7 cm³/mol. The molecule has 0 fully saturated rings. The molecular formula is C16H15N3O5. The number of aromatic nitrogens is 1. The number of amides is 1. The van der Waals surface area contributed by atoms with E-state index in [4.69, 9.17) is 10.4 Å².